The van der Waals surface area contributed by atoms with Crippen molar-refractivity contribution in [2.45, 2.75) is 90.5 Å². The van der Waals surface area contributed by atoms with Crippen molar-refractivity contribution in [3.8, 4) is 5.75 Å². The first-order chi connectivity index (χ1) is 17.3. The predicted molar refractivity (Wildman–Crippen MR) is 144 cm³/mol. The van der Waals surface area contributed by atoms with Gasteiger partial charge in [-0.3, -0.25) is 9.11 Å². The van der Waals surface area contributed by atoms with E-state index in [4.69, 9.17) is 25.9 Å². The predicted octanol–water partition coefficient (Wildman–Crippen LogP) is 6.63. The minimum Gasteiger partial charge on any atom is -0.508 e. The molecule has 1 aromatic carbocycles. The molecule has 3 N–H and O–H groups in total. The van der Waals surface area contributed by atoms with Gasteiger partial charge in [0.15, 0.2) is 0 Å². The molecule has 4 unspecified atom stereocenters. The molecule has 7 nitrogen and oxygen atoms in total. The van der Waals surface area contributed by atoms with Crippen molar-refractivity contribution in [3.05, 3.63) is 23.3 Å². The number of phenols is 1. The van der Waals surface area contributed by atoms with Gasteiger partial charge in [-0.05, 0) is 52.3 Å². The molecule has 1 saturated carbocycles. The van der Waals surface area contributed by atoms with E-state index in [1.165, 1.54) is 10.8 Å². The average Bonchev–Trinajstić information content (AvgIpc) is 2.89. The second kappa shape index (κ2) is 14.0. The first kappa shape index (κ1) is 42.5. The Hall–Kier alpha value is -0.649. The van der Waals surface area contributed by atoms with Gasteiger partial charge in [0.1, 0.15) is 5.75 Å². The van der Waals surface area contributed by atoms with Crippen molar-refractivity contribution in [2.24, 2.45) is 23.7 Å². The van der Waals surface area contributed by atoms with Crippen LogP contribution in [0.15, 0.2) is 12.1 Å². The van der Waals surface area contributed by atoms with Crippen LogP contribution in [0.2, 0.25) is 18.6 Å². The summed E-state index contributed by atoms with van der Waals surface area (Å²) in [6, 6.07) is 4.46. The molecule has 0 heterocycles. The van der Waals surface area contributed by atoms with Crippen LogP contribution in [0.4, 0.5) is 26.3 Å². The Labute approximate surface area is 254 Å². The van der Waals surface area contributed by atoms with Crippen molar-refractivity contribution in [1.29, 1.82) is 0 Å². The van der Waals surface area contributed by atoms with E-state index < -0.39 is 39.3 Å². The van der Waals surface area contributed by atoms with Gasteiger partial charge in [-0.25, -0.2) is 0 Å². The van der Waals surface area contributed by atoms with Gasteiger partial charge in [-0.1, -0.05) is 79.3 Å². The van der Waals surface area contributed by atoms with Crippen LogP contribution in [0, 0.1) is 30.6 Å². The minimum atomic E-state index is -5.84. The molecule has 4 atom stereocenters. The van der Waals surface area contributed by atoms with E-state index in [1.54, 1.807) is 0 Å². The van der Waals surface area contributed by atoms with Crippen molar-refractivity contribution in [1.82, 2.24) is 0 Å². The molecule has 0 aromatic heterocycles. The van der Waals surface area contributed by atoms with Crippen LogP contribution in [0.3, 0.4) is 0 Å². The summed E-state index contributed by atoms with van der Waals surface area (Å²) in [4.78, 5) is 0. The summed E-state index contributed by atoms with van der Waals surface area (Å²) in [5.74, 6) is 3.58. The van der Waals surface area contributed by atoms with Crippen LogP contribution in [0.1, 0.15) is 59.6 Å². The third-order valence-electron chi connectivity index (χ3n) is 7.80. The third-order valence-corrected chi connectivity index (χ3v) is 13.5. The fourth-order valence-corrected chi connectivity index (χ4v) is 10.4. The molecule has 1 aliphatic rings. The van der Waals surface area contributed by atoms with Gasteiger partial charge in [0.25, 0.3) is 0 Å². The summed E-state index contributed by atoms with van der Waals surface area (Å²) in [5.41, 5.74) is -7.98. The molecule has 240 valence electrons. The Balaban J connectivity index is 0. The number of phenolic OH excluding ortho intramolecular Hbond substituents is 1. The minimum absolute atomic E-state index is 0. The molecule has 1 aromatic rings. The molecule has 2 rings (SSSR count). The van der Waals surface area contributed by atoms with E-state index >= 15 is 0 Å². The Morgan fingerprint density at radius 3 is 1.27 bits per heavy atom. The maximum absolute atomic E-state index is 11.2. The number of benzene rings is 1. The zero-order chi connectivity index (χ0) is 32.6. The average molecular weight is 695 g/mol. The number of halogens is 6. The second-order valence-electron chi connectivity index (χ2n) is 12.0. The van der Waals surface area contributed by atoms with Crippen molar-refractivity contribution in [3.63, 3.8) is 0 Å². The monoisotopic (exact) mass is 694 g/mol. The van der Waals surface area contributed by atoms with Crippen molar-refractivity contribution < 1.29 is 79.1 Å². The number of aryl methyl sites for hydroxylation is 1. The van der Waals surface area contributed by atoms with E-state index in [0.717, 1.165) is 34.8 Å². The molecule has 0 amide bonds. The van der Waals surface area contributed by atoms with Gasteiger partial charge in [0.2, 0.25) is 0 Å². The molecule has 0 aliphatic heterocycles. The largest absolute Gasteiger partial charge is 0.522 e. The van der Waals surface area contributed by atoms with Gasteiger partial charge in [0.05, 0.1) is 8.07 Å². The summed E-state index contributed by atoms with van der Waals surface area (Å²) < 4.78 is 115. The van der Waals surface area contributed by atoms with Crippen LogP contribution >= 0.6 is 0 Å². The fourth-order valence-electron chi connectivity index (χ4n) is 5.43. The maximum atomic E-state index is 11.2. The fraction of sp³-hybridized carbons (Fsp3) is 0.750. The van der Waals surface area contributed by atoms with Gasteiger partial charge in [-0.2, -0.15) is 43.2 Å². The van der Waals surface area contributed by atoms with Gasteiger partial charge in [-0.15, -0.1) is 0 Å². The second-order valence-corrected chi connectivity index (χ2v) is 19.5. The molecular weight excluding hydrogens is 654 g/mol. The summed E-state index contributed by atoms with van der Waals surface area (Å²) in [5, 5.41) is 12.5. The molecule has 1 aliphatic carbocycles. The SMILES string of the molecule is Cc1cc(C(C)(C)C)c(O)c([Si](C)(C)C2C(C)C(C)C(C)C2C)c1.O=S(=O)(O)C(F)(F)F.O=S(=O)(O)C(F)(F)F.[Ti]. The molecular formula is C24H40F6O7S2SiTi. The van der Waals surface area contributed by atoms with Crippen molar-refractivity contribution >= 4 is 33.5 Å². The summed E-state index contributed by atoms with van der Waals surface area (Å²) in [6.45, 7) is 23.5. The quantitative estimate of drug-likeness (QED) is 0.137. The summed E-state index contributed by atoms with van der Waals surface area (Å²) in [7, 11) is -13.5. The Morgan fingerprint density at radius 2 is 1.02 bits per heavy atom. The molecule has 0 radical (unpaired) electrons. The van der Waals surface area contributed by atoms with E-state index in [1.807, 2.05) is 0 Å². The Bertz CT molecular complexity index is 1190. The first-order valence-electron chi connectivity index (χ1n) is 12.2. The van der Waals surface area contributed by atoms with Crippen LogP contribution in [-0.4, -0.2) is 50.1 Å². The standard InChI is InChI=1S/C22H38OSi.2CHF3O3S.Ti/c1-13-11-18(22(6,7)8)20(23)19(12-13)24(9,10)21-16(4)14(2)15(3)17(21)5;2*2-1(3,4)8(5,6)7;/h11-12,14-17,21,23H,1-10H3;2*(H,5,6,7);. The number of rotatable bonds is 2. The van der Waals surface area contributed by atoms with E-state index in [-0.39, 0.29) is 27.1 Å². The van der Waals surface area contributed by atoms with Crippen LogP contribution in [-0.2, 0) is 47.4 Å². The van der Waals surface area contributed by atoms with Gasteiger partial charge < -0.3 is 5.11 Å². The topological polar surface area (TPSA) is 129 Å². The summed E-state index contributed by atoms with van der Waals surface area (Å²) in [6.07, 6.45) is 0. The smallest absolute Gasteiger partial charge is 0.508 e. The molecule has 0 saturated heterocycles. The molecule has 0 spiro atoms. The molecule has 0 bridgehead atoms. The van der Waals surface area contributed by atoms with Crippen molar-refractivity contribution in [2.75, 3.05) is 0 Å². The molecule has 41 heavy (non-hydrogen) atoms. The number of alkyl halides is 6. The molecule has 1 fully saturated rings. The van der Waals surface area contributed by atoms with Crippen LogP contribution in [0.25, 0.3) is 0 Å². The first-order valence-corrected chi connectivity index (χ1v) is 18.2. The zero-order valence-corrected chi connectivity index (χ0v) is 28.8. The van der Waals surface area contributed by atoms with Crippen LogP contribution in [0.5, 0.6) is 5.75 Å². The normalized spacial score (nSPS) is 23.9. The van der Waals surface area contributed by atoms with E-state index in [2.05, 4.69) is 80.6 Å². The van der Waals surface area contributed by atoms with Gasteiger partial charge in [0, 0.05) is 21.7 Å². The zero-order valence-electron chi connectivity index (χ0n) is 24.6. The number of aromatic hydroxyl groups is 1. The van der Waals surface area contributed by atoms with Gasteiger partial charge >= 0.3 is 31.3 Å². The Morgan fingerprint density at radius 1 is 0.732 bits per heavy atom. The summed E-state index contributed by atoms with van der Waals surface area (Å²) >= 11 is 0. The third kappa shape index (κ3) is 10.8. The van der Waals surface area contributed by atoms with E-state index in [0.29, 0.717) is 5.75 Å². The van der Waals surface area contributed by atoms with E-state index in [9.17, 15) is 31.4 Å². The van der Waals surface area contributed by atoms with Crippen LogP contribution < -0.4 is 5.19 Å². The molecule has 17 heteroatoms. The number of hydrogen-bond donors (Lipinski definition) is 3. The number of hydrogen-bond acceptors (Lipinski definition) is 5. The maximum Gasteiger partial charge on any atom is 0.522 e. The Kier molecular flexibility index (Phi) is 14.5.